The molecule has 0 radical (unpaired) electrons. The summed E-state index contributed by atoms with van der Waals surface area (Å²) in [5.41, 5.74) is 7.03. The van der Waals surface area contributed by atoms with Crippen LogP contribution in [0.25, 0.3) is 0 Å². The van der Waals surface area contributed by atoms with E-state index in [4.69, 9.17) is 5.73 Å². The van der Waals surface area contributed by atoms with E-state index in [0.717, 1.165) is 5.69 Å². The van der Waals surface area contributed by atoms with Gasteiger partial charge in [0.25, 0.3) is 5.91 Å². The summed E-state index contributed by atoms with van der Waals surface area (Å²) in [5, 5.41) is 9.75. The van der Waals surface area contributed by atoms with Crippen LogP contribution in [0.1, 0.15) is 41.9 Å². The third-order valence-corrected chi connectivity index (χ3v) is 2.86. The van der Waals surface area contributed by atoms with Crippen LogP contribution in [0.15, 0.2) is 6.07 Å². The normalized spacial score (nSPS) is 17.1. The van der Waals surface area contributed by atoms with Crippen LogP contribution in [0.5, 0.6) is 0 Å². The van der Waals surface area contributed by atoms with E-state index >= 15 is 0 Å². The fourth-order valence-electron chi connectivity index (χ4n) is 1.50. The molecule has 1 unspecified atom stereocenters. The molecule has 1 saturated carbocycles. The zero-order valence-corrected chi connectivity index (χ0v) is 9.49. The summed E-state index contributed by atoms with van der Waals surface area (Å²) in [4.78, 5) is 11.7. The molecule has 0 aromatic carbocycles. The molecule has 0 spiro atoms. The van der Waals surface area contributed by atoms with Gasteiger partial charge in [-0.2, -0.15) is 5.10 Å². The molecule has 1 heterocycles. The predicted octanol–water partition coefficient (Wildman–Crippen LogP) is 0.612. The Kier molecular flexibility index (Phi) is 3.24. The number of nitrogens with one attached hydrogen (secondary N) is 2. The average molecular weight is 222 g/mol. The number of aromatic amines is 1. The van der Waals surface area contributed by atoms with Crippen molar-refractivity contribution in [3.63, 3.8) is 0 Å². The second-order valence-electron chi connectivity index (χ2n) is 4.53. The lowest BCUT2D eigenvalue weighted by atomic mass is 10.2. The smallest absolute Gasteiger partial charge is 0.271 e. The molecule has 88 valence electrons. The number of hydrogen-bond donors (Lipinski definition) is 3. The minimum absolute atomic E-state index is 0.122. The lowest BCUT2D eigenvalue weighted by Crippen LogP contribution is -2.31. The zero-order chi connectivity index (χ0) is 11.5. The highest BCUT2D eigenvalue weighted by Gasteiger charge is 2.26. The Morgan fingerprint density at radius 1 is 1.75 bits per heavy atom. The largest absolute Gasteiger partial charge is 0.350 e. The first kappa shape index (κ1) is 11.1. The molecule has 0 bridgehead atoms. The van der Waals surface area contributed by atoms with Gasteiger partial charge in [-0.25, -0.2) is 0 Å². The molecule has 1 atom stereocenters. The lowest BCUT2D eigenvalue weighted by molar-refractivity contribution is 0.0943. The van der Waals surface area contributed by atoms with E-state index in [-0.39, 0.29) is 5.91 Å². The highest BCUT2D eigenvalue weighted by molar-refractivity contribution is 5.92. The summed E-state index contributed by atoms with van der Waals surface area (Å²) in [6.45, 7) is 3.18. The Morgan fingerprint density at radius 3 is 3.12 bits per heavy atom. The molecule has 1 fully saturated rings. The molecule has 5 nitrogen and oxygen atoms in total. The molecular weight excluding hydrogens is 204 g/mol. The van der Waals surface area contributed by atoms with Crippen molar-refractivity contribution in [1.29, 1.82) is 0 Å². The van der Waals surface area contributed by atoms with Gasteiger partial charge in [0.1, 0.15) is 5.69 Å². The standard InChI is InChI=1S/C11H18N4O/c1-7(5-12)6-13-11(16)10-4-9(14-15-10)8-2-3-8/h4,7-8H,2-3,5-6,12H2,1H3,(H,13,16)(H,14,15). The van der Waals surface area contributed by atoms with Crippen molar-refractivity contribution in [1.82, 2.24) is 15.5 Å². The van der Waals surface area contributed by atoms with E-state index in [1.807, 2.05) is 13.0 Å². The van der Waals surface area contributed by atoms with Crippen molar-refractivity contribution in [3.8, 4) is 0 Å². The minimum atomic E-state index is -0.122. The number of nitrogens with zero attached hydrogens (tertiary/aromatic N) is 1. The molecule has 1 amide bonds. The Labute approximate surface area is 94.8 Å². The van der Waals surface area contributed by atoms with Gasteiger partial charge in [-0.3, -0.25) is 9.89 Å². The van der Waals surface area contributed by atoms with Crippen LogP contribution >= 0.6 is 0 Å². The van der Waals surface area contributed by atoms with Crippen LogP contribution in [0.3, 0.4) is 0 Å². The van der Waals surface area contributed by atoms with Crippen LogP contribution in [-0.4, -0.2) is 29.2 Å². The van der Waals surface area contributed by atoms with Crippen molar-refractivity contribution < 1.29 is 4.79 Å². The molecule has 16 heavy (non-hydrogen) atoms. The highest BCUT2D eigenvalue weighted by atomic mass is 16.1. The van der Waals surface area contributed by atoms with E-state index in [9.17, 15) is 4.79 Å². The number of rotatable bonds is 5. The molecular formula is C11H18N4O. The lowest BCUT2D eigenvalue weighted by Gasteiger charge is -2.08. The fourth-order valence-corrected chi connectivity index (χ4v) is 1.50. The molecule has 5 heteroatoms. The van der Waals surface area contributed by atoms with Crippen LogP contribution in [0.2, 0.25) is 0 Å². The molecule has 1 aliphatic rings. The molecule has 0 aliphatic heterocycles. The zero-order valence-electron chi connectivity index (χ0n) is 9.49. The first-order valence-corrected chi connectivity index (χ1v) is 5.74. The van der Waals surface area contributed by atoms with E-state index < -0.39 is 0 Å². The van der Waals surface area contributed by atoms with Gasteiger partial charge >= 0.3 is 0 Å². The second-order valence-corrected chi connectivity index (χ2v) is 4.53. The number of carbonyl (C=O) groups excluding carboxylic acids is 1. The molecule has 2 rings (SSSR count). The minimum Gasteiger partial charge on any atom is -0.350 e. The average Bonchev–Trinajstić information content (AvgIpc) is 3.03. The van der Waals surface area contributed by atoms with Crippen molar-refractivity contribution in [3.05, 3.63) is 17.5 Å². The number of aromatic nitrogens is 2. The maximum absolute atomic E-state index is 11.7. The summed E-state index contributed by atoms with van der Waals surface area (Å²) in [6, 6.07) is 1.85. The number of carbonyl (C=O) groups is 1. The molecule has 4 N–H and O–H groups in total. The van der Waals surface area contributed by atoms with E-state index in [0.29, 0.717) is 30.6 Å². The number of hydrogen-bond acceptors (Lipinski definition) is 3. The van der Waals surface area contributed by atoms with E-state index in [1.165, 1.54) is 12.8 Å². The monoisotopic (exact) mass is 222 g/mol. The maximum Gasteiger partial charge on any atom is 0.271 e. The SMILES string of the molecule is CC(CN)CNC(=O)c1cc(C2CC2)[nH]n1. The molecule has 1 aromatic rings. The first-order chi connectivity index (χ1) is 7.70. The highest BCUT2D eigenvalue weighted by Crippen LogP contribution is 2.38. The van der Waals surface area contributed by atoms with Gasteiger partial charge in [0.15, 0.2) is 0 Å². The predicted molar refractivity (Wildman–Crippen MR) is 61.1 cm³/mol. The third-order valence-electron chi connectivity index (χ3n) is 2.86. The Morgan fingerprint density at radius 2 is 2.50 bits per heavy atom. The summed E-state index contributed by atoms with van der Waals surface area (Å²) in [6.07, 6.45) is 2.40. The summed E-state index contributed by atoms with van der Waals surface area (Å²) < 4.78 is 0. The summed E-state index contributed by atoms with van der Waals surface area (Å²) in [7, 11) is 0. The molecule has 1 aliphatic carbocycles. The maximum atomic E-state index is 11.7. The van der Waals surface area contributed by atoms with Gasteiger partial charge in [0.2, 0.25) is 0 Å². The van der Waals surface area contributed by atoms with Gasteiger partial charge in [-0.05, 0) is 31.4 Å². The Bertz CT molecular complexity index is 370. The van der Waals surface area contributed by atoms with Crippen molar-refractivity contribution in [2.45, 2.75) is 25.7 Å². The Hall–Kier alpha value is -1.36. The molecule has 1 aromatic heterocycles. The van der Waals surface area contributed by atoms with Gasteiger partial charge in [-0.1, -0.05) is 6.92 Å². The van der Waals surface area contributed by atoms with E-state index in [1.54, 1.807) is 0 Å². The number of nitrogens with two attached hydrogens (primary N) is 1. The second kappa shape index (κ2) is 4.65. The van der Waals surface area contributed by atoms with E-state index in [2.05, 4.69) is 15.5 Å². The van der Waals surface area contributed by atoms with Gasteiger partial charge < -0.3 is 11.1 Å². The number of H-pyrrole nitrogens is 1. The summed E-state index contributed by atoms with van der Waals surface area (Å²) in [5.74, 6) is 0.770. The van der Waals surface area contributed by atoms with Crippen LogP contribution in [0, 0.1) is 5.92 Å². The van der Waals surface area contributed by atoms with Gasteiger partial charge in [0, 0.05) is 18.2 Å². The topological polar surface area (TPSA) is 83.8 Å². The third kappa shape index (κ3) is 2.61. The van der Waals surface area contributed by atoms with Crippen molar-refractivity contribution in [2.75, 3.05) is 13.1 Å². The van der Waals surface area contributed by atoms with Crippen molar-refractivity contribution >= 4 is 5.91 Å². The molecule has 0 saturated heterocycles. The number of amides is 1. The quantitative estimate of drug-likeness (QED) is 0.682. The van der Waals surface area contributed by atoms with Crippen LogP contribution in [0.4, 0.5) is 0 Å². The fraction of sp³-hybridized carbons (Fsp3) is 0.636. The van der Waals surface area contributed by atoms with Crippen LogP contribution < -0.4 is 11.1 Å². The first-order valence-electron chi connectivity index (χ1n) is 5.74. The van der Waals surface area contributed by atoms with Crippen LogP contribution in [-0.2, 0) is 0 Å². The Balaban J connectivity index is 1.87. The van der Waals surface area contributed by atoms with Gasteiger partial charge in [-0.15, -0.1) is 0 Å². The summed E-state index contributed by atoms with van der Waals surface area (Å²) >= 11 is 0. The van der Waals surface area contributed by atoms with Gasteiger partial charge in [0.05, 0.1) is 0 Å². The van der Waals surface area contributed by atoms with Crippen molar-refractivity contribution in [2.24, 2.45) is 11.7 Å².